The van der Waals surface area contributed by atoms with Crippen molar-refractivity contribution in [1.82, 2.24) is 4.90 Å². The highest BCUT2D eigenvalue weighted by atomic mass is 32.2. The number of aliphatic hydroxyl groups excluding tert-OH is 1. The molecular weight excluding hydrogens is 226 g/mol. The Morgan fingerprint density at radius 2 is 1.88 bits per heavy atom. The van der Waals surface area contributed by atoms with Crippen molar-refractivity contribution in [3.8, 4) is 0 Å². The van der Waals surface area contributed by atoms with Crippen LogP contribution in [-0.4, -0.2) is 38.3 Å². The van der Waals surface area contributed by atoms with Crippen LogP contribution in [0.3, 0.4) is 0 Å². The Morgan fingerprint density at radius 1 is 1.38 bits per heavy atom. The molecule has 1 unspecified atom stereocenters. The molecule has 0 aliphatic rings. The van der Waals surface area contributed by atoms with E-state index in [1.807, 2.05) is 0 Å². The second-order valence-corrected chi connectivity index (χ2v) is 5.91. The molecule has 0 saturated heterocycles. The van der Waals surface area contributed by atoms with E-state index in [0.717, 1.165) is 6.26 Å². The fraction of sp³-hybridized carbons (Fsp3) is 0.364. The van der Waals surface area contributed by atoms with Gasteiger partial charge in [-0.1, -0.05) is 12.1 Å². The summed E-state index contributed by atoms with van der Waals surface area (Å²) in [6.07, 6.45) is 0.499. The summed E-state index contributed by atoms with van der Waals surface area (Å²) in [6.45, 7) is 0.401. The van der Waals surface area contributed by atoms with Gasteiger partial charge >= 0.3 is 0 Å². The van der Waals surface area contributed by atoms with Crippen LogP contribution in [0.1, 0.15) is 11.7 Å². The van der Waals surface area contributed by atoms with Crippen molar-refractivity contribution < 1.29 is 13.5 Å². The molecule has 0 amide bonds. The normalized spacial score (nSPS) is 14.1. The van der Waals surface area contributed by atoms with Gasteiger partial charge in [-0.3, -0.25) is 0 Å². The fourth-order valence-corrected chi connectivity index (χ4v) is 1.97. The molecule has 1 N–H and O–H groups in total. The van der Waals surface area contributed by atoms with E-state index in [2.05, 4.69) is 7.05 Å². The molecule has 1 atom stereocenters. The van der Waals surface area contributed by atoms with Crippen molar-refractivity contribution in [2.24, 2.45) is 0 Å². The van der Waals surface area contributed by atoms with Gasteiger partial charge in [-0.2, -0.15) is 0 Å². The molecule has 1 aromatic carbocycles. The molecule has 16 heavy (non-hydrogen) atoms. The first kappa shape index (κ1) is 13.2. The lowest BCUT2D eigenvalue weighted by Gasteiger charge is -2.16. The molecule has 1 aromatic rings. The highest BCUT2D eigenvalue weighted by molar-refractivity contribution is 7.90. The quantitative estimate of drug-likeness (QED) is 0.850. The maximum atomic E-state index is 11.2. The minimum absolute atomic E-state index is 0.256. The van der Waals surface area contributed by atoms with Gasteiger partial charge in [-0.25, -0.2) is 8.42 Å². The molecule has 0 aliphatic heterocycles. The lowest BCUT2D eigenvalue weighted by Crippen LogP contribution is -2.18. The first-order chi connectivity index (χ1) is 7.30. The number of hydrogen-bond acceptors (Lipinski definition) is 4. The monoisotopic (exact) mass is 242 g/mol. The van der Waals surface area contributed by atoms with E-state index in [4.69, 9.17) is 0 Å². The minimum Gasteiger partial charge on any atom is -0.387 e. The average molecular weight is 242 g/mol. The third-order valence-corrected chi connectivity index (χ3v) is 3.31. The van der Waals surface area contributed by atoms with Gasteiger partial charge in [0.05, 0.1) is 11.0 Å². The summed E-state index contributed by atoms with van der Waals surface area (Å²) in [7, 11) is 2.22. The maximum Gasteiger partial charge on any atom is 0.175 e. The van der Waals surface area contributed by atoms with Crippen LogP contribution >= 0.6 is 0 Å². The second kappa shape index (κ2) is 4.95. The summed E-state index contributed by atoms with van der Waals surface area (Å²) >= 11 is 0. The van der Waals surface area contributed by atoms with Crippen molar-refractivity contribution in [3.63, 3.8) is 0 Å². The van der Waals surface area contributed by atoms with Gasteiger partial charge in [0, 0.05) is 19.8 Å². The third-order valence-electron chi connectivity index (χ3n) is 2.18. The number of likely N-dealkylation sites (N-methyl/N-ethyl adjacent to an activating group) is 1. The summed E-state index contributed by atoms with van der Waals surface area (Å²) in [4.78, 5) is 1.88. The highest BCUT2D eigenvalue weighted by Crippen LogP contribution is 2.16. The van der Waals surface area contributed by atoms with Crippen LogP contribution in [0.2, 0.25) is 0 Å². The molecule has 0 saturated carbocycles. The van der Waals surface area contributed by atoms with Gasteiger partial charge < -0.3 is 10.0 Å². The van der Waals surface area contributed by atoms with Crippen molar-refractivity contribution in [1.29, 1.82) is 0 Å². The van der Waals surface area contributed by atoms with Crippen molar-refractivity contribution in [2.75, 3.05) is 19.8 Å². The molecular formula is C11H16NO3S. The van der Waals surface area contributed by atoms with Crippen molar-refractivity contribution in [2.45, 2.75) is 11.0 Å². The van der Waals surface area contributed by atoms with Crippen LogP contribution in [0.4, 0.5) is 0 Å². The van der Waals surface area contributed by atoms with E-state index < -0.39 is 15.9 Å². The largest absolute Gasteiger partial charge is 0.387 e. The number of aliphatic hydroxyl groups is 1. The maximum absolute atomic E-state index is 11.2. The summed E-state index contributed by atoms with van der Waals surface area (Å²) in [5.74, 6) is 0. The topological polar surface area (TPSA) is 57.6 Å². The van der Waals surface area contributed by atoms with Gasteiger partial charge in [0.15, 0.2) is 9.84 Å². The van der Waals surface area contributed by atoms with Gasteiger partial charge in [0.25, 0.3) is 0 Å². The van der Waals surface area contributed by atoms with Crippen LogP contribution in [0, 0.1) is 7.05 Å². The Balaban J connectivity index is 2.87. The smallest absolute Gasteiger partial charge is 0.175 e. The van der Waals surface area contributed by atoms with Gasteiger partial charge in [0.1, 0.15) is 0 Å². The van der Waals surface area contributed by atoms with Crippen LogP contribution in [0.5, 0.6) is 0 Å². The average Bonchev–Trinajstić information content (AvgIpc) is 2.15. The van der Waals surface area contributed by atoms with E-state index in [0.29, 0.717) is 12.1 Å². The van der Waals surface area contributed by atoms with E-state index in [-0.39, 0.29) is 4.90 Å². The summed E-state index contributed by atoms with van der Waals surface area (Å²) in [6, 6.07) is 6.23. The van der Waals surface area contributed by atoms with Gasteiger partial charge in [-0.15, -0.1) is 0 Å². The second-order valence-electron chi connectivity index (χ2n) is 3.90. The Bertz CT molecular complexity index is 437. The number of sulfone groups is 1. The zero-order valence-electron chi connectivity index (χ0n) is 9.42. The molecule has 5 heteroatoms. The molecule has 4 nitrogen and oxygen atoms in total. The zero-order valence-corrected chi connectivity index (χ0v) is 10.2. The van der Waals surface area contributed by atoms with Gasteiger partial charge in [-0.05, 0) is 24.7 Å². The molecule has 0 heterocycles. The minimum atomic E-state index is -3.17. The summed E-state index contributed by atoms with van der Waals surface area (Å²) < 4.78 is 22.4. The third kappa shape index (κ3) is 3.59. The first-order valence-electron chi connectivity index (χ1n) is 4.80. The van der Waals surface area contributed by atoms with E-state index >= 15 is 0 Å². The highest BCUT2D eigenvalue weighted by Gasteiger charge is 2.11. The van der Waals surface area contributed by atoms with E-state index in [1.54, 1.807) is 24.1 Å². The predicted octanol–water partition coefficient (Wildman–Crippen LogP) is 0.847. The number of rotatable bonds is 4. The lowest BCUT2D eigenvalue weighted by molar-refractivity contribution is 0.144. The first-order valence-corrected chi connectivity index (χ1v) is 6.69. The Hall–Kier alpha value is -0.910. The predicted molar refractivity (Wildman–Crippen MR) is 62.5 cm³/mol. The summed E-state index contributed by atoms with van der Waals surface area (Å²) in [5, 5.41) is 9.75. The molecule has 0 aliphatic carbocycles. The molecule has 0 bridgehead atoms. The number of benzene rings is 1. The van der Waals surface area contributed by atoms with Crippen molar-refractivity contribution >= 4 is 9.84 Å². The molecule has 1 radical (unpaired) electrons. The molecule has 1 rings (SSSR count). The molecule has 0 fully saturated rings. The van der Waals surface area contributed by atoms with Crippen LogP contribution < -0.4 is 0 Å². The SMILES string of the molecule is [CH2]N(C)CC(O)c1ccc(S(C)(=O)=O)cc1. The lowest BCUT2D eigenvalue weighted by atomic mass is 10.1. The Morgan fingerprint density at radius 3 is 2.25 bits per heavy atom. The standard InChI is InChI=1S/C11H16NO3S/c1-12(2)8-11(13)9-4-6-10(7-5-9)16(3,14)15/h4-7,11,13H,1,8H2,2-3H3. The number of nitrogens with zero attached hydrogens (tertiary/aromatic N) is 1. The Labute approximate surface area is 96.4 Å². The van der Waals surface area contributed by atoms with Crippen LogP contribution in [0.15, 0.2) is 29.2 Å². The van der Waals surface area contributed by atoms with E-state index in [9.17, 15) is 13.5 Å². The van der Waals surface area contributed by atoms with E-state index in [1.165, 1.54) is 12.1 Å². The van der Waals surface area contributed by atoms with Gasteiger partial charge in [0.2, 0.25) is 0 Å². The summed E-state index contributed by atoms with van der Waals surface area (Å²) in [5.41, 5.74) is 0.683. The van der Waals surface area contributed by atoms with Crippen LogP contribution in [0.25, 0.3) is 0 Å². The van der Waals surface area contributed by atoms with Crippen molar-refractivity contribution in [3.05, 3.63) is 36.9 Å². The van der Waals surface area contributed by atoms with Crippen LogP contribution in [-0.2, 0) is 9.84 Å². The fourth-order valence-electron chi connectivity index (χ4n) is 1.34. The molecule has 0 spiro atoms. The molecule has 0 aromatic heterocycles. The zero-order chi connectivity index (χ0) is 12.3. The number of hydrogen-bond donors (Lipinski definition) is 1. The molecule has 89 valence electrons. The Kier molecular flexibility index (Phi) is 4.07.